The monoisotopic (exact) mass is 364 g/mol. The van der Waals surface area contributed by atoms with Gasteiger partial charge in [-0.25, -0.2) is 4.98 Å². The number of anilines is 1. The third-order valence-electron chi connectivity index (χ3n) is 3.85. The lowest BCUT2D eigenvalue weighted by molar-refractivity contribution is -0.115. The Morgan fingerprint density at radius 2 is 2.00 bits per heavy atom. The Labute approximate surface area is 154 Å². The topological polar surface area (TPSA) is 72.4 Å². The summed E-state index contributed by atoms with van der Waals surface area (Å²) in [5.74, 6) is 0.868. The quantitative estimate of drug-likeness (QED) is 0.540. The van der Waals surface area contributed by atoms with Crippen LogP contribution in [-0.2, 0) is 4.79 Å². The minimum Gasteiger partial charge on any atom is -0.360 e. The molecule has 3 aromatic heterocycles. The molecule has 6 nitrogen and oxygen atoms in total. The van der Waals surface area contributed by atoms with Gasteiger partial charge in [-0.3, -0.25) is 9.20 Å². The molecule has 0 aliphatic heterocycles. The highest BCUT2D eigenvalue weighted by molar-refractivity contribution is 8.00. The first kappa shape index (κ1) is 16.4. The molecule has 7 heteroatoms. The van der Waals surface area contributed by atoms with Crippen LogP contribution < -0.4 is 5.32 Å². The first-order valence-electron chi connectivity index (χ1n) is 8.08. The number of nitrogens with one attached hydrogen (secondary N) is 1. The molecule has 4 rings (SSSR count). The number of hydrogen-bond acceptors (Lipinski definition) is 5. The van der Waals surface area contributed by atoms with E-state index in [2.05, 4.69) is 15.5 Å². The van der Waals surface area contributed by atoms with Crippen LogP contribution in [-0.4, -0.2) is 20.4 Å². The number of pyridine rings is 1. The first-order valence-corrected chi connectivity index (χ1v) is 8.96. The highest BCUT2D eigenvalue weighted by Crippen LogP contribution is 2.35. The standard InChI is InChI=1S/C19H16N4O2S/c1-13-11-16(22-25-13)21-18(24)17(14-7-3-2-4-8-14)26-19-20-12-15-9-5-6-10-23(15)19/h2-12,17H,1H3,(H,21,22,24)/t17-/m0/s1. The number of hydrogen-bond donors (Lipinski definition) is 1. The van der Waals surface area contributed by atoms with Crippen molar-refractivity contribution in [3.63, 3.8) is 0 Å². The lowest BCUT2D eigenvalue weighted by atomic mass is 10.1. The van der Waals surface area contributed by atoms with Crippen LogP contribution in [0.15, 0.2) is 76.7 Å². The Bertz CT molecular complexity index is 1040. The molecular weight excluding hydrogens is 348 g/mol. The number of aromatic nitrogens is 3. The van der Waals surface area contributed by atoms with Gasteiger partial charge in [-0.1, -0.05) is 53.3 Å². The lowest BCUT2D eigenvalue weighted by Crippen LogP contribution is -2.19. The highest BCUT2D eigenvalue weighted by atomic mass is 32.2. The number of imidazole rings is 1. The Hall–Kier alpha value is -3.06. The number of aryl methyl sites for hydroxylation is 1. The van der Waals surface area contributed by atoms with Crippen molar-refractivity contribution in [1.29, 1.82) is 0 Å². The van der Waals surface area contributed by atoms with E-state index < -0.39 is 5.25 Å². The molecule has 0 saturated heterocycles. The van der Waals surface area contributed by atoms with Gasteiger partial charge < -0.3 is 9.84 Å². The Morgan fingerprint density at radius 3 is 2.77 bits per heavy atom. The summed E-state index contributed by atoms with van der Waals surface area (Å²) in [4.78, 5) is 17.4. The largest absolute Gasteiger partial charge is 0.360 e. The molecule has 1 amide bonds. The first-order chi connectivity index (χ1) is 12.7. The van der Waals surface area contributed by atoms with Gasteiger partial charge in [-0.05, 0) is 24.6 Å². The van der Waals surface area contributed by atoms with Crippen LogP contribution in [0, 0.1) is 6.92 Å². The summed E-state index contributed by atoms with van der Waals surface area (Å²) < 4.78 is 6.99. The van der Waals surface area contributed by atoms with Crippen molar-refractivity contribution >= 4 is 29.0 Å². The van der Waals surface area contributed by atoms with Gasteiger partial charge >= 0.3 is 0 Å². The summed E-state index contributed by atoms with van der Waals surface area (Å²) in [6.07, 6.45) is 3.73. The van der Waals surface area contributed by atoms with Crippen molar-refractivity contribution in [1.82, 2.24) is 14.5 Å². The van der Waals surface area contributed by atoms with E-state index in [1.165, 1.54) is 11.8 Å². The summed E-state index contributed by atoms with van der Waals surface area (Å²) in [6.45, 7) is 1.78. The van der Waals surface area contributed by atoms with Crippen LogP contribution in [0.4, 0.5) is 5.82 Å². The molecule has 1 atom stereocenters. The van der Waals surface area contributed by atoms with Crippen molar-refractivity contribution in [3.8, 4) is 0 Å². The summed E-state index contributed by atoms with van der Waals surface area (Å²) in [6, 6.07) is 17.2. The second-order valence-corrected chi connectivity index (χ2v) is 6.83. The number of rotatable bonds is 5. The van der Waals surface area contributed by atoms with Gasteiger partial charge in [0.2, 0.25) is 5.91 Å². The summed E-state index contributed by atoms with van der Waals surface area (Å²) >= 11 is 1.39. The molecule has 0 bridgehead atoms. The maximum Gasteiger partial charge on any atom is 0.243 e. The molecule has 0 saturated carbocycles. The highest BCUT2D eigenvalue weighted by Gasteiger charge is 2.25. The molecule has 1 aromatic carbocycles. The van der Waals surface area contributed by atoms with E-state index in [0.29, 0.717) is 11.6 Å². The fourth-order valence-electron chi connectivity index (χ4n) is 2.63. The van der Waals surface area contributed by atoms with Crippen molar-refractivity contribution in [2.75, 3.05) is 5.32 Å². The predicted octanol–water partition coefficient (Wildman–Crippen LogP) is 4.10. The fourth-order valence-corrected chi connectivity index (χ4v) is 3.69. The maximum absolute atomic E-state index is 12.9. The van der Waals surface area contributed by atoms with E-state index in [9.17, 15) is 4.79 Å². The van der Waals surface area contributed by atoms with Crippen LogP contribution in [0.2, 0.25) is 0 Å². The Morgan fingerprint density at radius 1 is 1.19 bits per heavy atom. The molecule has 0 radical (unpaired) electrons. The van der Waals surface area contributed by atoms with E-state index in [0.717, 1.165) is 16.2 Å². The zero-order valence-corrected chi connectivity index (χ0v) is 14.8. The van der Waals surface area contributed by atoms with E-state index in [-0.39, 0.29) is 5.91 Å². The van der Waals surface area contributed by atoms with E-state index in [1.54, 1.807) is 19.2 Å². The SMILES string of the molecule is Cc1cc(NC(=O)[C@@H](Sc2ncc3ccccn23)c2ccccc2)no1. The predicted molar refractivity (Wildman–Crippen MR) is 100 cm³/mol. The number of carbonyl (C=O) groups is 1. The van der Waals surface area contributed by atoms with Crippen molar-refractivity contribution in [2.24, 2.45) is 0 Å². The molecule has 0 fully saturated rings. The lowest BCUT2D eigenvalue weighted by Gasteiger charge is -2.15. The summed E-state index contributed by atoms with van der Waals surface area (Å²) in [5.41, 5.74) is 1.87. The zero-order chi connectivity index (χ0) is 17.9. The molecule has 3 heterocycles. The van der Waals surface area contributed by atoms with Gasteiger partial charge in [-0.2, -0.15) is 0 Å². The molecule has 0 aliphatic rings. The smallest absolute Gasteiger partial charge is 0.243 e. The van der Waals surface area contributed by atoms with Crippen molar-refractivity contribution < 1.29 is 9.32 Å². The molecular formula is C19H16N4O2S. The van der Waals surface area contributed by atoms with Crippen LogP contribution >= 0.6 is 11.8 Å². The summed E-state index contributed by atoms with van der Waals surface area (Å²) in [5, 5.41) is 6.94. The van der Waals surface area contributed by atoms with Crippen LogP contribution in [0.1, 0.15) is 16.6 Å². The van der Waals surface area contributed by atoms with E-state index in [4.69, 9.17) is 4.52 Å². The average Bonchev–Trinajstić information content (AvgIpc) is 3.26. The van der Waals surface area contributed by atoms with E-state index >= 15 is 0 Å². The second kappa shape index (κ2) is 7.05. The van der Waals surface area contributed by atoms with Crippen LogP contribution in [0.25, 0.3) is 5.52 Å². The molecule has 0 aliphatic carbocycles. The number of benzene rings is 1. The molecule has 0 unspecified atom stereocenters. The molecule has 4 aromatic rings. The average molecular weight is 364 g/mol. The van der Waals surface area contributed by atoms with Crippen LogP contribution in [0.5, 0.6) is 0 Å². The zero-order valence-electron chi connectivity index (χ0n) is 14.0. The number of carbonyl (C=O) groups excluding carboxylic acids is 1. The molecule has 26 heavy (non-hydrogen) atoms. The van der Waals surface area contributed by atoms with Gasteiger partial charge in [0.1, 0.15) is 11.0 Å². The molecule has 130 valence electrons. The Balaban J connectivity index is 1.65. The van der Waals surface area contributed by atoms with Crippen molar-refractivity contribution in [2.45, 2.75) is 17.3 Å². The third kappa shape index (κ3) is 3.34. The molecule has 1 N–H and O–H groups in total. The van der Waals surface area contributed by atoms with Crippen LogP contribution in [0.3, 0.4) is 0 Å². The fraction of sp³-hybridized carbons (Fsp3) is 0.105. The van der Waals surface area contributed by atoms with Gasteiger partial charge in [0.25, 0.3) is 0 Å². The van der Waals surface area contributed by atoms with Gasteiger partial charge in [-0.15, -0.1) is 0 Å². The minimum absolute atomic E-state index is 0.179. The molecule has 0 spiro atoms. The third-order valence-corrected chi connectivity index (χ3v) is 5.08. The normalized spacial score (nSPS) is 12.2. The second-order valence-electron chi connectivity index (χ2n) is 5.76. The number of fused-ring (bicyclic) bond motifs is 1. The Kier molecular flexibility index (Phi) is 4.45. The summed E-state index contributed by atoms with van der Waals surface area (Å²) in [7, 11) is 0. The number of amides is 1. The number of thioether (sulfide) groups is 1. The van der Waals surface area contributed by atoms with Crippen molar-refractivity contribution in [3.05, 3.63) is 78.3 Å². The number of nitrogens with zero attached hydrogens (tertiary/aromatic N) is 3. The van der Waals surface area contributed by atoms with E-state index in [1.807, 2.05) is 59.1 Å². The maximum atomic E-state index is 12.9. The van der Waals surface area contributed by atoms with Gasteiger partial charge in [0, 0.05) is 12.3 Å². The van der Waals surface area contributed by atoms with Gasteiger partial charge in [0.05, 0.1) is 11.7 Å². The van der Waals surface area contributed by atoms with Gasteiger partial charge in [0.15, 0.2) is 11.0 Å². The minimum atomic E-state index is -0.473.